The molecule has 0 spiro atoms. The molecule has 1 rings (SSSR count). The molecule has 1 aromatic rings. The Morgan fingerprint density at radius 1 is 1.57 bits per heavy atom. The van der Waals surface area contributed by atoms with E-state index < -0.39 is 17.9 Å². The van der Waals surface area contributed by atoms with Crippen molar-refractivity contribution in [1.82, 2.24) is 4.98 Å². The van der Waals surface area contributed by atoms with Gasteiger partial charge in [-0.2, -0.15) is 9.65 Å². The van der Waals surface area contributed by atoms with Gasteiger partial charge in [0.15, 0.2) is 0 Å². The molecule has 74 valence electrons. The van der Waals surface area contributed by atoms with Crippen LogP contribution in [-0.2, 0) is 6.42 Å². The van der Waals surface area contributed by atoms with Crippen molar-refractivity contribution in [2.24, 2.45) is 0 Å². The summed E-state index contributed by atoms with van der Waals surface area (Å²) in [7, 11) is 0. The Hall–Kier alpha value is -1.09. The molecule has 0 aromatic carbocycles. The molecule has 0 radical (unpaired) electrons. The molecular weight excluding hydrogens is 261 g/mol. The number of nitrogens with zero attached hydrogens (tertiary/aromatic N) is 2. The Bertz CT molecular complexity index is 387. The van der Waals surface area contributed by atoms with Gasteiger partial charge in [-0.15, -0.1) is 0 Å². The summed E-state index contributed by atoms with van der Waals surface area (Å²) in [5.41, 5.74) is -0.463. The van der Waals surface area contributed by atoms with Gasteiger partial charge in [0.25, 0.3) is 6.43 Å². The summed E-state index contributed by atoms with van der Waals surface area (Å²) >= 11 is 2.67. The number of aromatic nitrogens is 1. The molecule has 0 aliphatic carbocycles. The minimum Gasteiger partial charge on any atom is -0.227 e. The highest BCUT2D eigenvalue weighted by Crippen LogP contribution is 2.31. The molecule has 0 N–H and O–H groups in total. The Morgan fingerprint density at radius 3 is 2.71 bits per heavy atom. The summed E-state index contributed by atoms with van der Waals surface area (Å²) in [4.78, 5) is 3.24. The van der Waals surface area contributed by atoms with Gasteiger partial charge in [0.2, 0.25) is 5.95 Å². The summed E-state index contributed by atoms with van der Waals surface area (Å²) in [6, 6.07) is 1.71. The second-order valence-electron chi connectivity index (χ2n) is 2.44. The van der Waals surface area contributed by atoms with Gasteiger partial charge in [0.05, 0.1) is 17.0 Å². The molecule has 0 unspecified atom stereocenters. The molecule has 0 amide bonds. The first-order chi connectivity index (χ1) is 6.57. The van der Waals surface area contributed by atoms with Crippen molar-refractivity contribution in [2.45, 2.75) is 12.8 Å². The molecule has 1 aromatic heterocycles. The molecule has 0 atom stereocenters. The van der Waals surface area contributed by atoms with Crippen LogP contribution in [0.3, 0.4) is 0 Å². The predicted molar refractivity (Wildman–Crippen MR) is 46.2 cm³/mol. The molecule has 14 heavy (non-hydrogen) atoms. The molecule has 2 nitrogen and oxygen atoms in total. The number of pyridine rings is 1. The van der Waals surface area contributed by atoms with Crippen LogP contribution in [0.25, 0.3) is 0 Å². The van der Waals surface area contributed by atoms with Gasteiger partial charge in [-0.3, -0.25) is 0 Å². The molecule has 0 saturated heterocycles. The van der Waals surface area contributed by atoms with Crippen LogP contribution in [0.2, 0.25) is 0 Å². The summed E-state index contributed by atoms with van der Waals surface area (Å²) < 4.78 is 37.3. The van der Waals surface area contributed by atoms with Gasteiger partial charge in [0.1, 0.15) is 0 Å². The number of nitriles is 1. The minimum atomic E-state index is -2.83. The van der Waals surface area contributed by atoms with E-state index >= 15 is 0 Å². The lowest BCUT2D eigenvalue weighted by atomic mass is 10.1. The zero-order chi connectivity index (χ0) is 10.7. The highest BCUT2D eigenvalue weighted by atomic mass is 79.9. The average molecular weight is 265 g/mol. The maximum atomic E-state index is 12.8. The van der Waals surface area contributed by atoms with E-state index in [4.69, 9.17) is 5.26 Å². The SMILES string of the molecule is N#CCc1cnc(F)c(Br)c1C(F)F. The smallest absolute Gasteiger partial charge is 0.227 e. The lowest BCUT2D eigenvalue weighted by molar-refractivity contribution is 0.148. The van der Waals surface area contributed by atoms with Crippen molar-refractivity contribution >= 4 is 15.9 Å². The Labute approximate surface area is 86.5 Å². The summed E-state index contributed by atoms with van der Waals surface area (Å²) in [6.45, 7) is 0. The van der Waals surface area contributed by atoms with Crippen LogP contribution in [0, 0.1) is 17.3 Å². The number of halogens is 4. The zero-order valence-corrected chi connectivity index (χ0v) is 8.35. The van der Waals surface area contributed by atoms with Crippen LogP contribution in [0.1, 0.15) is 17.6 Å². The van der Waals surface area contributed by atoms with E-state index in [9.17, 15) is 13.2 Å². The molecule has 0 bridgehead atoms. The van der Waals surface area contributed by atoms with Gasteiger partial charge < -0.3 is 0 Å². The van der Waals surface area contributed by atoms with Gasteiger partial charge in [-0.05, 0) is 21.5 Å². The first-order valence-corrected chi connectivity index (χ1v) is 4.35. The number of hydrogen-bond donors (Lipinski definition) is 0. The van der Waals surface area contributed by atoms with E-state index in [1.54, 1.807) is 6.07 Å². The number of alkyl halides is 2. The van der Waals surface area contributed by atoms with E-state index in [0.29, 0.717) is 0 Å². The lowest BCUT2D eigenvalue weighted by Gasteiger charge is -2.07. The molecule has 0 saturated carbocycles. The first-order valence-electron chi connectivity index (χ1n) is 3.55. The third kappa shape index (κ3) is 2.04. The summed E-state index contributed by atoms with van der Waals surface area (Å²) in [6.07, 6.45) is -2.10. The maximum absolute atomic E-state index is 12.8. The van der Waals surface area contributed by atoms with E-state index in [0.717, 1.165) is 6.20 Å². The van der Waals surface area contributed by atoms with Crippen molar-refractivity contribution in [3.8, 4) is 6.07 Å². The van der Waals surface area contributed by atoms with Crippen LogP contribution in [0.4, 0.5) is 13.2 Å². The molecule has 1 heterocycles. The minimum absolute atomic E-state index is 0.0378. The molecule has 0 aliphatic rings. The van der Waals surface area contributed by atoms with Crippen LogP contribution in [0.15, 0.2) is 10.7 Å². The van der Waals surface area contributed by atoms with E-state index in [-0.39, 0.29) is 16.5 Å². The lowest BCUT2D eigenvalue weighted by Crippen LogP contribution is -2.00. The van der Waals surface area contributed by atoms with Crippen molar-refractivity contribution in [3.05, 3.63) is 27.7 Å². The topological polar surface area (TPSA) is 36.7 Å². The van der Waals surface area contributed by atoms with Crippen molar-refractivity contribution in [2.75, 3.05) is 0 Å². The highest BCUT2D eigenvalue weighted by molar-refractivity contribution is 9.10. The van der Waals surface area contributed by atoms with Crippen LogP contribution in [-0.4, -0.2) is 4.98 Å². The van der Waals surface area contributed by atoms with Crippen molar-refractivity contribution < 1.29 is 13.2 Å². The summed E-state index contributed by atoms with van der Waals surface area (Å²) in [5, 5.41) is 8.35. The Balaban J connectivity index is 3.31. The van der Waals surface area contributed by atoms with Crippen molar-refractivity contribution in [3.63, 3.8) is 0 Å². The van der Waals surface area contributed by atoms with Crippen molar-refractivity contribution in [1.29, 1.82) is 5.26 Å². The summed E-state index contributed by atoms with van der Waals surface area (Å²) in [5.74, 6) is -0.998. The van der Waals surface area contributed by atoms with Gasteiger partial charge in [-0.25, -0.2) is 13.8 Å². The molecule has 6 heteroatoms. The standard InChI is InChI=1S/C8H4BrF3N2/c9-6-5(7(10)11)4(1-2-13)3-14-8(6)12/h3,7H,1H2. The third-order valence-corrected chi connectivity index (χ3v) is 2.34. The fraction of sp³-hybridized carbons (Fsp3) is 0.250. The molecular formula is C8H4BrF3N2. The number of rotatable bonds is 2. The fourth-order valence-corrected chi connectivity index (χ4v) is 1.50. The highest BCUT2D eigenvalue weighted by Gasteiger charge is 2.20. The Morgan fingerprint density at radius 2 is 2.21 bits per heavy atom. The second kappa shape index (κ2) is 4.42. The van der Waals surface area contributed by atoms with Gasteiger partial charge >= 0.3 is 0 Å². The second-order valence-corrected chi connectivity index (χ2v) is 3.23. The predicted octanol–water partition coefficient (Wildman–Crippen LogP) is 2.99. The average Bonchev–Trinajstić information content (AvgIpc) is 2.11. The maximum Gasteiger partial charge on any atom is 0.265 e. The van der Waals surface area contributed by atoms with Crippen LogP contribution < -0.4 is 0 Å². The van der Waals surface area contributed by atoms with E-state index in [2.05, 4.69) is 20.9 Å². The number of hydrogen-bond acceptors (Lipinski definition) is 2. The molecule has 0 fully saturated rings. The monoisotopic (exact) mass is 264 g/mol. The fourth-order valence-electron chi connectivity index (χ4n) is 0.975. The van der Waals surface area contributed by atoms with E-state index in [1.165, 1.54) is 0 Å². The van der Waals surface area contributed by atoms with Crippen LogP contribution >= 0.6 is 15.9 Å². The van der Waals surface area contributed by atoms with Crippen LogP contribution in [0.5, 0.6) is 0 Å². The first kappa shape index (κ1) is 11.0. The normalized spacial score (nSPS) is 10.3. The third-order valence-electron chi connectivity index (χ3n) is 1.58. The van der Waals surface area contributed by atoms with Gasteiger partial charge in [0, 0.05) is 11.8 Å². The van der Waals surface area contributed by atoms with Gasteiger partial charge in [-0.1, -0.05) is 0 Å². The molecule has 0 aliphatic heterocycles. The quantitative estimate of drug-likeness (QED) is 0.771. The Kier molecular flexibility index (Phi) is 3.47. The largest absolute Gasteiger partial charge is 0.265 e. The van der Waals surface area contributed by atoms with E-state index in [1.807, 2.05) is 0 Å². The zero-order valence-electron chi connectivity index (χ0n) is 6.77.